The van der Waals surface area contributed by atoms with Gasteiger partial charge in [-0.2, -0.15) is 0 Å². The largest absolute Gasteiger partial charge is 0.413 e. The molecule has 0 spiro atoms. The molecule has 0 unspecified atom stereocenters. The van der Waals surface area contributed by atoms with Crippen LogP contribution in [0.15, 0.2) is 36.9 Å². The summed E-state index contributed by atoms with van der Waals surface area (Å²) in [4.78, 5) is 22.7. The second-order valence-corrected chi connectivity index (χ2v) is 4.99. The van der Waals surface area contributed by atoms with Gasteiger partial charge in [0.1, 0.15) is 5.75 Å². The number of anilines is 1. The van der Waals surface area contributed by atoms with E-state index in [1.54, 1.807) is 24.3 Å². The Kier molecular flexibility index (Phi) is 4.69. The molecule has 1 aromatic carbocycles. The Labute approximate surface area is 112 Å². The normalized spacial score (nSPS) is 10.5. The monoisotopic (exact) mass is 262 g/mol. The molecular formula is C14H18N2O3. The minimum atomic E-state index is -0.542. The van der Waals surface area contributed by atoms with Crippen LogP contribution in [0.25, 0.3) is 0 Å². The first-order valence-electron chi connectivity index (χ1n) is 5.83. The molecule has 5 nitrogen and oxygen atoms in total. The summed E-state index contributed by atoms with van der Waals surface area (Å²) in [5.41, 5.74) is 0.164. The molecule has 0 aliphatic carbocycles. The van der Waals surface area contributed by atoms with Gasteiger partial charge in [0, 0.05) is 17.3 Å². The maximum absolute atomic E-state index is 11.6. The van der Waals surface area contributed by atoms with Gasteiger partial charge < -0.3 is 15.4 Å². The third-order valence-electron chi connectivity index (χ3n) is 1.97. The number of hydrogen-bond donors (Lipinski definition) is 2. The number of ether oxygens (including phenoxy) is 1. The van der Waals surface area contributed by atoms with E-state index in [0.717, 1.165) is 0 Å². The highest BCUT2D eigenvalue weighted by Crippen LogP contribution is 2.17. The summed E-state index contributed by atoms with van der Waals surface area (Å²) in [6.07, 6.45) is 0.625. The first-order chi connectivity index (χ1) is 8.80. The molecule has 0 saturated heterocycles. The van der Waals surface area contributed by atoms with E-state index < -0.39 is 6.09 Å². The second kappa shape index (κ2) is 6.04. The van der Waals surface area contributed by atoms with Crippen LogP contribution in [0.5, 0.6) is 5.75 Å². The molecule has 19 heavy (non-hydrogen) atoms. The van der Waals surface area contributed by atoms with Crippen molar-refractivity contribution >= 4 is 17.7 Å². The van der Waals surface area contributed by atoms with Gasteiger partial charge in [0.25, 0.3) is 0 Å². The lowest BCUT2D eigenvalue weighted by Crippen LogP contribution is -2.42. The maximum Gasteiger partial charge on any atom is 0.413 e. The quantitative estimate of drug-likeness (QED) is 0.823. The topological polar surface area (TPSA) is 67.4 Å². The predicted octanol–water partition coefficient (Wildman–Crippen LogP) is 2.70. The number of rotatable bonds is 3. The Morgan fingerprint density at radius 3 is 2.58 bits per heavy atom. The molecule has 0 fully saturated rings. The van der Waals surface area contributed by atoms with Crippen molar-refractivity contribution in [3.63, 3.8) is 0 Å². The molecule has 102 valence electrons. The molecule has 0 aliphatic heterocycles. The van der Waals surface area contributed by atoms with Crippen LogP contribution in [-0.2, 0) is 4.79 Å². The van der Waals surface area contributed by atoms with Crippen molar-refractivity contribution in [1.29, 1.82) is 0 Å². The molecule has 0 atom stereocenters. The molecule has 2 N–H and O–H groups in total. The average molecular weight is 262 g/mol. The van der Waals surface area contributed by atoms with Gasteiger partial charge >= 0.3 is 6.09 Å². The van der Waals surface area contributed by atoms with Crippen molar-refractivity contribution in [2.75, 3.05) is 5.32 Å². The Morgan fingerprint density at radius 1 is 1.32 bits per heavy atom. The summed E-state index contributed by atoms with van der Waals surface area (Å²) in [6.45, 7) is 8.93. The van der Waals surface area contributed by atoms with Gasteiger partial charge in [0.05, 0.1) is 0 Å². The van der Waals surface area contributed by atoms with Gasteiger partial charge in [0.2, 0.25) is 5.91 Å². The van der Waals surface area contributed by atoms with Crippen LogP contribution in [0.1, 0.15) is 20.8 Å². The maximum atomic E-state index is 11.6. The first-order valence-corrected chi connectivity index (χ1v) is 5.83. The molecule has 0 radical (unpaired) electrons. The highest BCUT2D eigenvalue weighted by atomic mass is 16.6. The van der Waals surface area contributed by atoms with Crippen LogP contribution in [0.3, 0.4) is 0 Å². The van der Waals surface area contributed by atoms with Crippen molar-refractivity contribution in [3.8, 4) is 5.75 Å². The van der Waals surface area contributed by atoms with E-state index in [2.05, 4.69) is 17.2 Å². The SMILES string of the molecule is C=CC(=O)Nc1cccc(OC(=O)NC(C)(C)C)c1. The van der Waals surface area contributed by atoms with E-state index in [9.17, 15) is 9.59 Å². The summed E-state index contributed by atoms with van der Waals surface area (Å²) in [5, 5.41) is 5.26. The fourth-order valence-electron chi connectivity index (χ4n) is 1.27. The Balaban J connectivity index is 2.69. The number of amides is 2. The zero-order valence-corrected chi connectivity index (χ0v) is 11.3. The minimum Gasteiger partial charge on any atom is -0.410 e. The highest BCUT2D eigenvalue weighted by molar-refractivity contribution is 5.99. The molecule has 1 rings (SSSR count). The van der Waals surface area contributed by atoms with Crippen molar-refractivity contribution in [2.45, 2.75) is 26.3 Å². The molecule has 0 bridgehead atoms. The van der Waals surface area contributed by atoms with Crippen LogP contribution in [0.2, 0.25) is 0 Å². The molecule has 0 aromatic heterocycles. The highest BCUT2D eigenvalue weighted by Gasteiger charge is 2.15. The lowest BCUT2D eigenvalue weighted by molar-refractivity contribution is -0.111. The molecular weight excluding hydrogens is 244 g/mol. The summed E-state index contributed by atoms with van der Waals surface area (Å²) < 4.78 is 5.12. The van der Waals surface area contributed by atoms with Gasteiger partial charge in [0.15, 0.2) is 0 Å². The van der Waals surface area contributed by atoms with Gasteiger partial charge in [-0.1, -0.05) is 12.6 Å². The number of carbonyl (C=O) groups excluding carboxylic acids is 2. The molecule has 5 heteroatoms. The van der Waals surface area contributed by atoms with Crippen molar-refractivity contribution in [2.24, 2.45) is 0 Å². The van der Waals surface area contributed by atoms with Crippen molar-refractivity contribution < 1.29 is 14.3 Å². The zero-order chi connectivity index (χ0) is 14.5. The van der Waals surface area contributed by atoms with Gasteiger partial charge in [-0.05, 0) is 39.0 Å². The third-order valence-corrected chi connectivity index (χ3v) is 1.97. The predicted molar refractivity (Wildman–Crippen MR) is 74.2 cm³/mol. The number of carbonyl (C=O) groups is 2. The van der Waals surface area contributed by atoms with Crippen molar-refractivity contribution in [1.82, 2.24) is 5.32 Å². The Morgan fingerprint density at radius 2 is 2.00 bits per heavy atom. The van der Waals surface area contributed by atoms with Gasteiger partial charge in [-0.25, -0.2) is 4.79 Å². The van der Waals surface area contributed by atoms with Crippen LogP contribution in [0.4, 0.5) is 10.5 Å². The lowest BCUT2D eigenvalue weighted by atomic mass is 10.1. The summed E-state index contributed by atoms with van der Waals surface area (Å²) in [6, 6.07) is 6.56. The Hall–Kier alpha value is -2.30. The summed E-state index contributed by atoms with van der Waals surface area (Å²) in [7, 11) is 0. The van der Waals surface area contributed by atoms with Gasteiger partial charge in [-0.15, -0.1) is 0 Å². The lowest BCUT2D eigenvalue weighted by Gasteiger charge is -2.19. The van der Waals surface area contributed by atoms with Crippen LogP contribution in [0, 0.1) is 0 Å². The van der Waals surface area contributed by atoms with Gasteiger partial charge in [-0.3, -0.25) is 4.79 Å². The minimum absolute atomic E-state index is 0.323. The van der Waals surface area contributed by atoms with Crippen LogP contribution < -0.4 is 15.4 Å². The van der Waals surface area contributed by atoms with Crippen LogP contribution >= 0.6 is 0 Å². The third kappa shape index (κ3) is 5.72. The number of hydrogen-bond acceptors (Lipinski definition) is 3. The fourth-order valence-corrected chi connectivity index (χ4v) is 1.27. The summed E-state index contributed by atoms with van der Waals surface area (Å²) in [5.74, 6) is 0.0277. The standard InChI is InChI=1S/C14H18N2O3/c1-5-12(17)15-10-7-6-8-11(9-10)19-13(18)16-14(2,3)4/h5-9H,1H2,2-4H3,(H,15,17)(H,16,18). The summed E-state index contributed by atoms with van der Waals surface area (Å²) >= 11 is 0. The van der Waals surface area contributed by atoms with E-state index in [4.69, 9.17) is 4.74 Å². The van der Waals surface area contributed by atoms with E-state index in [0.29, 0.717) is 11.4 Å². The smallest absolute Gasteiger partial charge is 0.410 e. The van der Waals surface area contributed by atoms with E-state index in [1.807, 2.05) is 20.8 Å². The molecule has 0 heterocycles. The first kappa shape index (κ1) is 14.8. The van der Waals surface area contributed by atoms with E-state index >= 15 is 0 Å². The van der Waals surface area contributed by atoms with E-state index in [1.165, 1.54) is 6.08 Å². The Bertz CT molecular complexity index is 490. The second-order valence-electron chi connectivity index (χ2n) is 4.99. The van der Waals surface area contributed by atoms with E-state index in [-0.39, 0.29) is 11.4 Å². The number of benzene rings is 1. The molecule has 2 amide bonds. The zero-order valence-electron chi connectivity index (χ0n) is 11.3. The average Bonchev–Trinajstić information content (AvgIpc) is 2.26. The molecule has 1 aromatic rings. The molecule has 0 saturated carbocycles. The fraction of sp³-hybridized carbons (Fsp3) is 0.286. The van der Waals surface area contributed by atoms with Crippen LogP contribution in [-0.4, -0.2) is 17.5 Å². The van der Waals surface area contributed by atoms with Crippen molar-refractivity contribution in [3.05, 3.63) is 36.9 Å². The molecule has 0 aliphatic rings. The number of nitrogens with one attached hydrogen (secondary N) is 2.